The van der Waals surface area contributed by atoms with E-state index in [0.717, 1.165) is 5.56 Å². The van der Waals surface area contributed by atoms with Gasteiger partial charge in [0.2, 0.25) is 0 Å². The fourth-order valence-electron chi connectivity index (χ4n) is 2.21. The van der Waals surface area contributed by atoms with E-state index in [1.54, 1.807) is 18.2 Å². The summed E-state index contributed by atoms with van der Waals surface area (Å²) in [6, 6.07) is 14.1. The maximum atomic E-state index is 11.6. The van der Waals surface area contributed by atoms with Crippen LogP contribution in [0.4, 0.5) is 4.79 Å². The molecule has 0 aliphatic carbocycles. The standard InChI is InChI=1S/C18H19Cl2NO4/c19-14-8-4-7-13(16(14)20)17(23)15(22)9-10-21-18(24)25-11-12-5-2-1-3-6-12/h1-8,15,17,22-23H,9-11H2,(H,21,24). The molecular formula is C18H19Cl2NO4. The molecule has 0 heterocycles. The average molecular weight is 384 g/mol. The second-order valence-electron chi connectivity index (χ2n) is 5.43. The maximum absolute atomic E-state index is 11.6. The molecule has 0 saturated heterocycles. The van der Waals surface area contributed by atoms with Crippen LogP contribution >= 0.6 is 23.2 Å². The van der Waals surface area contributed by atoms with Crippen LogP contribution in [0.3, 0.4) is 0 Å². The number of carbonyl (C=O) groups excluding carboxylic acids is 1. The highest BCUT2D eigenvalue weighted by atomic mass is 35.5. The summed E-state index contributed by atoms with van der Waals surface area (Å²) in [6.45, 7) is 0.306. The van der Waals surface area contributed by atoms with Gasteiger partial charge in [0, 0.05) is 12.1 Å². The molecule has 0 aliphatic rings. The van der Waals surface area contributed by atoms with Crippen molar-refractivity contribution < 1.29 is 19.7 Å². The van der Waals surface area contributed by atoms with Crippen molar-refractivity contribution in [3.63, 3.8) is 0 Å². The van der Waals surface area contributed by atoms with Gasteiger partial charge in [-0.15, -0.1) is 0 Å². The second kappa shape index (κ2) is 9.63. The van der Waals surface area contributed by atoms with Gasteiger partial charge in [0.05, 0.1) is 16.1 Å². The first-order chi connectivity index (χ1) is 12.0. The third-order valence-corrected chi connectivity index (χ3v) is 4.42. The Morgan fingerprint density at radius 3 is 2.52 bits per heavy atom. The summed E-state index contributed by atoms with van der Waals surface area (Å²) in [4.78, 5) is 11.6. The van der Waals surface area contributed by atoms with Gasteiger partial charge < -0.3 is 20.3 Å². The molecule has 2 aromatic carbocycles. The van der Waals surface area contributed by atoms with Gasteiger partial charge in [-0.1, -0.05) is 65.7 Å². The summed E-state index contributed by atoms with van der Waals surface area (Å²) in [5, 5.41) is 23.3. The van der Waals surface area contributed by atoms with Crippen LogP contribution in [0, 0.1) is 0 Å². The first kappa shape index (κ1) is 19.5. The minimum Gasteiger partial charge on any atom is -0.445 e. The zero-order chi connectivity index (χ0) is 18.2. The van der Waals surface area contributed by atoms with E-state index >= 15 is 0 Å². The predicted octanol–water partition coefficient (Wildman–Crippen LogP) is 3.70. The Bertz CT molecular complexity index is 697. The van der Waals surface area contributed by atoms with Crippen LogP contribution in [0.1, 0.15) is 23.7 Å². The van der Waals surface area contributed by atoms with Crippen molar-refractivity contribution in [2.45, 2.75) is 25.2 Å². The average Bonchev–Trinajstić information content (AvgIpc) is 2.62. The molecule has 25 heavy (non-hydrogen) atoms. The van der Waals surface area contributed by atoms with Crippen LogP contribution in [0.15, 0.2) is 48.5 Å². The number of nitrogens with one attached hydrogen (secondary N) is 1. The van der Waals surface area contributed by atoms with Crippen LogP contribution < -0.4 is 5.32 Å². The van der Waals surface area contributed by atoms with Gasteiger partial charge in [-0.2, -0.15) is 0 Å². The number of amides is 1. The molecule has 2 unspecified atom stereocenters. The maximum Gasteiger partial charge on any atom is 0.407 e. The van der Waals surface area contributed by atoms with E-state index < -0.39 is 18.3 Å². The Hall–Kier alpha value is -1.79. The summed E-state index contributed by atoms with van der Waals surface area (Å²) < 4.78 is 5.06. The van der Waals surface area contributed by atoms with Gasteiger partial charge in [0.15, 0.2) is 0 Å². The van der Waals surface area contributed by atoms with Gasteiger partial charge in [0.25, 0.3) is 0 Å². The first-order valence-corrected chi connectivity index (χ1v) is 8.49. The highest BCUT2D eigenvalue weighted by Crippen LogP contribution is 2.31. The molecule has 0 aliphatic heterocycles. The molecule has 134 valence electrons. The molecule has 1 amide bonds. The fraction of sp³-hybridized carbons (Fsp3) is 0.278. The second-order valence-corrected chi connectivity index (χ2v) is 6.22. The molecule has 2 rings (SSSR count). The van der Waals surface area contributed by atoms with E-state index in [1.807, 2.05) is 30.3 Å². The first-order valence-electron chi connectivity index (χ1n) is 7.73. The number of rotatable bonds is 7. The highest BCUT2D eigenvalue weighted by molar-refractivity contribution is 6.42. The van der Waals surface area contributed by atoms with E-state index in [9.17, 15) is 15.0 Å². The number of carbonyl (C=O) groups is 1. The summed E-state index contributed by atoms with van der Waals surface area (Å²) in [5.41, 5.74) is 1.22. The summed E-state index contributed by atoms with van der Waals surface area (Å²) in [7, 11) is 0. The lowest BCUT2D eigenvalue weighted by molar-refractivity contribution is 0.0137. The molecule has 2 atom stereocenters. The van der Waals surface area contributed by atoms with Crippen LogP contribution in [-0.4, -0.2) is 29.0 Å². The Labute approximate surface area is 156 Å². The molecule has 0 aromatic heterocycles. The van der Waals surface area contributed by atoms with Crippen molar-refractivity contribution in [1.82, 2.24) is 5.32 Å². The number of halogens is 2. The lowest BCUT2D eigenvalue weighted by atomic mass is 10.0. The van der Waals surface area contributed by atoms with Gasteiger partial charge in [-0.3, -0.25) is 0 Å². The quantitative estimate of drug-likeness (QED) is 0.680. The normalized spacial score (nSPS) is 13.1. The fourth-order valence-corrected chi connectivity index (χ4v) is 2.63. The molecular weight excluding hydrogens is 365 g/mol. The number of alkyl carbamates (subject to hydrolysis) is 1. The monoisotopic (exact) mass is 383 g/mol. The van der Waals surface area contributed by atoms with Crippen molar-refractivity contribution in [3.05, 3.63) is 69.7 Å². The van der Waals surface area contributed by atoms with Crippen LogP contribution in [0.5, 0.6) is 0 Å². The lowest BCUT2D eigenvalue weighted by Gasteiger charge is -2.19. The van der Waals surface area contributed by atoms with Gasteiger partial charge >= 0.3 is 6.09 Å². The molecule has 0 fully saturated rings. The smallest absolute Gasteiger partial charge is 0.407 e. The van der Waals surface area contributed by atoms with Gasteiger partial charge in [0.1, 0.15) is 12.7 Å². The van der Waals surface area contributed by atoms with Crippen LogP contribution in [0.25, 0.3) is 0 Å². The van der Waals surface area contributed by atoms with Crippen molar-refractivity contribution in [3.8, 4) is 0 Å². The highest BCUT2D eigenvalue weighted by Gasteiger charge is 2.21. The Balaban J connectivity index is 1.75. The van der Waals surface area contributed by atoms with E-state index in [-0.39, 0.29) is 24.6 Å². The molecule has 7 heteroatoms. The summed E-state index contributed by atoms with van der Waals surface area (Å²) in [5.74, 6) is 0. The molecule has 0 radical (unpaired) electrons. The van der Waals surface area contributed by atoms with Crippen molar-refractivity contribution >= 4 is 29.3 Å². The Morgan fingerprint density at radius 1 is 1.08 bits per heavy atom. The minimum atomic E-state index is -1.20. The topological polar surface area (TPSA) is 78.8 Å². The largest absolute Gasteiger partial charge is 0.445 e. The zero-order valence-corrected chi connectivity index (χ0v) is 14.9. The third-order valence-electron chi connectivity index (χ3n) is 3.59. The summed E-state index contributed by atoms with van der Waals surface area (Å²) >= 11 is 11.9. The van der Waals surface area contributed by atoms with E-state index in [0.29, 0.717) is 10.6 Å². The SMILES string of the molecule is O=C(NCCC(O)C(O)c1cccc(Cl)c1Cl)OCc1ccccc1. The third kappa shape index (κ3) is 5.90. The number of hydrogen-bond acceptors (Lipinski definition) is 4. The molecule has 5 nitrogen and oxygen atoms in total. The number of aliphatic hydroxyl groups is 2. The van der Waals surface area contributed by atoms with Crippen molar-refractivity contribution in [2.24, 2.45) is 0 Å². The molecule has 0 bridgehead atoms. The minimum absolute atomic E-state index is 0.129. The molecule has 0 saturated carbocycles. The van der Waals surface area contributed by atoms with Gasteiger partial charge in [-0.25, -0.2) is 4.79 Å². The van der Waals surface area contributed by atoms with Gasteiger partial charge in [-0.05, 0) is 18.1 Å². The number of aliphatic hydroxyl groups excluding tert-OH is 2. The summed E-state index contributed by atoms with van der Waals surface area (Å²) in [6.07, 6.45) is -2.77. The number of hydrogen-bond donors (Lipinski definition) is 3. The van der Waals surface area contributed by atoms with Crippen molar-refractivity contribution in [1.29, 1.82) is 0 Å². The van der Waals surface area contributed by atoms with E-state index in [1.165, 1.54) is 0 Å². The van der Waals surface area contributed by atoms with Crippen LogP contribution in [-0.2, 0) is 11.3 Å². The number of ether oxygens (including phenoxy) is 1. The molecule has 0 spiro atoms. The van der Waals surface area contributed by atoms with E-state index in [2.05, 4.69) is 5.32 Å². The Morgan fingerprint density at radius 2 is 1.80 bits per heavy atom. The lowest BCUT2D eigenvalue weighted by Crippen LogP contribution is -2.29. The van der Waals surface area contributed by atoms with E-state index in [4.69, 9.17) is 27.9 Å². The zero-order valence-electron chi connectivity index (χ0n) is 13.4. The van der Waals surface area contributed by atoms with Crippen LogP contribution in [0.2, 0.25) is 10.0 Å². The predicted molar refractivity (Wildman–Crippen MR) is 96.7 cm³/mol. The van der Waals surface area contributed by atoms with Crippen molar-refractivity contribution in [2.75, 3.05) is 6.54 Å². The molecule has 3 N–H and O–H groups in total. The molecule has 2 aromatic rings. The Kier molecular flexibility index (Phi) is 7.52. The number of benzene rings is 2.